The van der Waals surface area contributed by atoms with Gasteiger partial charge in [0, 0.05) is 11.3 Å². The highest BCUT2D eigenvalue weighted by atomic mass is 32.2. The van der Waals surface area contributed by atoms with Crippen molar-refractivity contribution in [3.8, 4) is 11.3 Å². The van der Waals surface area contributed by atoms with Crippen molar-refractivity contribution in [1.29, 1.82) is 0 Å². The number of carbonyl (C=O) groups excluding carboxylic acids is 1. The number of fused-ring (bicyclic) bond motifs is 1. The van der Waals surface area contributed by atoms with Crippen molar-refractivity contribution in [2.24, 2.45) is 0 Å². The van der Waals surface area contributed by atoms with Crippen LogP contribution in [0, 0.1) is 27.7 Å². The number of benzene rings is 2. The third kappa shape index (κ3) is 4.46. The number of aromatic nitrogens is 3. The van der Waals surface area contributed by atoms with E-state index in [2.05, 4.69) is 10.4 Å². The summed E-state index contributed by atoms with van der Waals surface area (Å²) in [5, 5.41) is 8.34. The first kappa shape index (κ1) is 23.2. The van der Waals surface area contributed by atoms with Crippen LogP contribution in [-0.4, -0.2) is 40.6 Å². The number of anilines is 1. The minimum atomic E-state index is -3.11. The maximum atomic E-state index is 13.6. The average Bonchev–Trinajstić information content (AvgIpc) is 3.35. The Morgan fingerprint density at radius 3 is 2.40 bits per heavy atom. The number of amides is 1. The van der Waals surface area contributed by atoms with E-state index >= 15 is 0 Å². The van der Waals surface area contributed by atoms with Gasteiger partial charge in [-0.25, -0.2) is 18.1 Å². The van der Waals surface area contributed by atoms with Crippen LogP contribution in [0.25, 0.3) is 22.3 Å². The molecule has 1 aliphatic rings. The van der Waals surface area contributed by atoms with Crippen molar-refractivity contribution >= 4 is 32.5 Å². The van der Waals surface area contributed by atoms with Gasteiger partial charge in [-0.15, -0.1) is 0 Å². The summed E-state index contributed by atoms with van der Waals surface area (Å²) in [6.07, 6.45) is 0.485. The van der Waals surface area contributed by atoms with Gasteiger partial charge in [0.15, 0.2) is 15.5 Å². The second-order valence-electron chi connectivity index (χ2n) is 9.46. The topological polar surface area (TPSA) is 94.0 Å². The summed E-state index contributed by atoms with van der Waals surface area (Å²) in [5.74, 6) is -0.0876. The molecule has 0 saturated carbocycles. The van der Waals surface area contributed by atoms with Gasteiger partial charge in [-0.1, -0.05) is 35.9 Å². The van der Waals surface area contributed by atoms with E-state index in [-0.39, 0.29) is 23.5 Å². The van der Waals surface area contributed by atoms with Crippen molar-refractivity contribution < 1.29 is 13.2 Å². The van der Waals surface area contributed by atoms with Crippen molar-refractivity contribution in [2.75, 3.05) is 16.8 Å². The Labute approximate surface area is 205 Å². The molecule has 0 spiro atoms. The van der Waals surface area contributed by atoms with Crippen LogP contribution >= 0.6 is 0 Å². The molecule has 2 aromatic carbocycles. The van der Waals surface area contributed by atoms with E-state index in [1.54, 1.807) is 10.7 Å². The van der Waals surface area contributed by atoms with E-state index in [1.807, 2.05) is 70.2 Å². The highest BCUT2D eigenvalue weighted by molar-refractivity contribution is 7.91. The van der Waals surface area contributed by atoms with E-state index in [4.69, 9.17) is 4.98 Å². The lowest BCUT2D eigenvalue weighted by Crippen LogP contribution is -2.15. The van der Waals surface area contributed by atoms with Crippen LogP contribution in [0.4, 0.5) is 5.69 Å². The molecule has 8 heteroatoms. The fourth-order valence-electron chi connectivity index (χ4n) is 4.60. The van der Waals surface area contributed by atoms with Crippen LogP contribution < -0.4 is 5.32 Å². The lowest BCUT2D eigenvalue weighted by atomic mass is 10.0. The summed E-state index contributed by atoms with van der Waals surface area (Å²) in [5.41, 5.74) is 7.26. The minimum absolute atomic E-state index is 0.0316. The molecule has 3 heterocycles. The van der Waals surface area contributed by atoms with E-state index in [0.717, 1.165) is 22.3 Å². The number of sulfone groups is 1. The standard InChI is InChI=1S/C27H28N4O3S/c1-16-5-8-20(9-6-16)24-14-23(27(32)28-21-10-7-17(2)18(3)13-21)25-19(4)30-31(26(25)29-24)22-11-12-35(33,34)15-22/h5-10,13-14,22H,11-12,15H2,1-4H3,(H,28,32). The number of rotatable bonds is 4. The first-order chi connectivity index (χ1) is 16.6. The monoisotopic (exact) mass is 488 g/mol. The molecule has 0 bridgehead atoms. The minimum Gasteiger partial charge on any atom is -0.322 e. The van der Waals surface area contributed by atoms with E-state index in [9.17, 15) is 13.2 Å². The number of hydrogen-bond donors (Lipinski definition) is 1. The zero-order valence-electron chi connectivity index (χ0n) is 20.3. The highest BCUT2D eigenvalue weighted by Gasteiger charge is 2.32. The van der Waals surface area contributed by atoms with Crippen LogP contribution in [0.1, 0.15) is 45.2 Å². The maximum absolute atomic E-state index is 13.6. The van der Waals surface area contributed by atoms with E-state index in [0.29, 0.717) is 40.1 Å². The Kier molecular flexibility index (Phi) is 5.71. The third-order valence-corrected chi connectivity index (χ3v) is 8.50. The van der Waals surface area contributed by atoms with Crippen LogP contribution in [0.15, 0.2) is 48.5 Å². The first-order valence-electron chi connectivity index (χ1n) is 11.7. The second-order valence-corrected chi connectivity index (χ2v) is 11.7. The Morgan fingerprint density at radius 1 is 1.00 bits per heavy atom. The molecule has 1 atom stereocenters. The molecule has 1 N–H and O–H groups in total. The summed E-state index contributed by atoms with van der Waals surface area (Å²) < 4.78 is 26.1. The number of nitrogens with one attached hydrogen (secondary N) is 1. The van der Waals surface area contributed by atoms with Crippen molar-refractivity contribution in [2.45, 2.75) is 40.2 Å². The number of carbonyl (C=O) groups is 1. The molecule has 0 radical (unpaired) electrons. The zero-order chi connectivity index (χ0) is 24.9. The lowest BCUT2D eigenvalue weighted by Gasteiger charge is -2.13. The fourth-order valence-corrected chi connectivity index (χ4v) is 6.30. The van der Waals surface area contributed by atoms with Gasteiger partial charge in [0.25, 0.3) is 5.91 Å². The summed E-state index contributed by atoms with van der Waals surface area (Å²) >= 11 is 0. The molecule has 7 nitrogen and oxygen atoms in total. The Balaban J connectivity index is 1.67. The first-order valence-corrected chi connectivity index (χ1v) is 13.5. The van der Waals surface area contributed by atoms with Crippen LogP contribution in [0.2, 0.25) is 0 Å². The number of hydrogen-bond acceptors (Lipinski definition) is 5. The predicted octanol–water partition coefficient (Wildman–Crippen LogP) is 4.94. The summed E-state index contributed by atoms with van der Waals surface area (Å²) in [6, 6.07) is 15.3. The zero-order valence-corrected chi connectivity index (χ0v) is 21.1. The smallest absolute Gasteiger partial charge is 0.256 e. The molecule has 1 fully saturated rings. The Morgan fingerprint density at radius 2 is 1.74 bits per heavy atom. The number of nitrogens with zero attached hydrogens (tertiary/aromatic N) is 3. The van der Waals surface area contributed by atoms with Gasteiger partial charge in [0.1, 0.15) is 0 Å². The Hall–Kier alpha value is -3.52. The molecule has 35 heavy (non-hydrogen) atoms. The third-order valence-electron chi connectivity index (χ3n) is 6.75. The van der Waals surface area contributed by atoms with Gasteiger partial charge in [0.05, 0.1) is 39.9 Å². The van der Waals surface area contributed by atoms with Crippen molar-refractivity contribution in [3.05, 3.63) is 76.5 Å². The largest absolute Gasteiger partial charge is 0.322 e. The highest BCUT2D eigenvalue weighted by Crippen LogP contribution is 2.32. The molecule has 1 aliphatic heterocycles. The molecule has 2 aromatic heterocycles. The lowest BCUT2D eigenvalue weighted by molar-refractivity contribution is 0.102. The molecule has 180 valence electrons. The molecule has 1 unspecified atom stereocenters. The summed E-state index contributed by atoms with van der Waals surface area (Å²) in [4.78, 5) is 18.5. The summed E-state index contributed by atoms with van der Waals surface area (Å²) in [6.45, 7) is 7.89. The van der Waals surface area contributed by atoms with E-state index in [1.165, 1.54) is 0 Å². The molecule has 0 aliphatic carbocycles. The molecule has 4 aromatic rings. The van der Waals surface area contributed by atoms with Crippen LogP contribution in [-0.2, 0) is 9.84 Å². The predicted molar refractivity (Wildman–Crippen MR) is 139 cm³/mol. The molecule has 1 saturated heterocycles. The van der Waals surface area contributed by atoms with Crippen LogP contribution in [0.5, 0.6) is 0 Å². The normalized spacial score (nSPS) is 17.1. The van der Waals surface area contributed by atoms with Gasteiger partial charge < -0.3 is 5.32 Å². The van der Waals surface area contributed by atoms with Crippen LogP contribution in [0.3, 0.4) is 0 Å². The van der Waals surface area contributed by atoms with Gasteiger partial charge in [-0.05, 0) is 63.4 Å². The second kappa shape index (κ2) is 8.61. The van der Waals surface area contributed by atoms with E-state index < -0.39 is 9.84 Å². The van der Waals surface area contributed by atoms with Gasteiger partial charge >= 0.3 is 0 Å². The van der Waals surface area contributed by atoms with Gasteiger partial charge in [-0.2, -0.15) is 5.10 Å². The molecular weight excluding hydrogens is 460 g/mol. The summed E-state index contributed by atoms with van der Waals surface area (Å²) in [7, 11) is -3.11. The Bertz CT molecular complexity index is 1570. The van der Waals surface area contributed by atoms with Crippen molar-refractivity contribution in [3.63, 3.8) is 0 Å². The fraction of sp³-hybridized carbons (Fsp3) is 0.296. The number of pyridine rings is 1. The molecular formula is C27H28N4O3S. The van der Waals surface area contributed by atoms with Gasteiger partial charge in [-0.3, -0.25) is 4.79 Å². The van der Waals surface area contributed by atoms with Gasteiger partial charge in [0.2, 0.25) is 0 Å². The quantitative estimate of drug-likeness (QED) is 0.439. The van der Waals surface area contributed by atoms with Crippen molar-refractivity contribution in [1.82, 2.24) is 14.8 Å². The molecule has 1 amide bonds. The number of aryl methyl sites for hydroxylation is 4. The maximum Gasteiger partial charge on any atom is 0.256 e. The average molecular weight is 489 g/mol. The SMILES string of the molecule is Cc1ccc(-c2cc(C(=O)Nc3ccc(C)c(C)c3)c3c(C)nn(C4CCS(=O)(=O)C4)c3n2)cc1. The molecule has 5 rings (SSSR count).